The number of ether oxygens (including phenoxy) is 2. The average molecular weight is 345 g/mol. The molecule has 0 radical (unpaired) electrons. The molecule has 0 amide bonds. The van der Waals surface area contributed by atoms with E-state index in [-0.39, 0.29) is 39.3 Å². The van der Waals surface area contributed by atoms with Gasteiger partial charge in [0, 0.05) is 11.6 Å². The van der Waals surface area contributed by atoms with Gasteiger partial charge in [0.15, 0.2) is 11.5 Å². The maximum absolute atomic E-state index is 13.7. The van der Waals surface area contributed by atoms with Gasteiger partial charge >= 0.3 is 5.97 Å². The molecule has 1 N–H and O–H groups in total. The van der Waals surface area contributed by atoms with Gasteiger partial charge in [-0.2, -0.15) is 0 Å². The Kier molecular flexibility index (Phi) is 5.11. The van der Waals surface area contributed by atoms with Crippen LogP contribution in [0.4, 0.5) is 4.39 Å². The summed E-state index contributed by atoms with van der Waals surface area (Å²) in [6, 6.07) is 6.84. The Morgan fingerprint density at radius 1 is 1.23 bits per heavy atom. The molecule has 2 rings (SSSR count). The van der Waals surface area contributed by atoms with E-state index < -0.39 is 11.8 Å². The van der Waals surface area contributed by atoms with Gasteiger partial charge < -0.3 is 14.6 Å². The van der Waals surface area contributed by atoms with Gasteiger partial charge in [-0.15, -0.1) is 0 Å². The molecule has 0 atom stereocenters. The quantitative estimate of drug-likeness (QED) is 0.872. The van der Waals surface area contributed by atoms with Crippen LogP contribution in [0.2, 0.25) is 10.0 Å². The van der Waals surface area contributed by atoms with Crippen molar-refractivity contribution >= 4 is 29.2 Å². The molecule has 2 aromatic carbocycles. The zero-order valence-electron chi connectivity index (χ0n) is 11.4. The van der Waals surface area contributed by atoms with E-state index in [4.69, 9.17) is 37.8 Å². The SMILES string of the molecule is COc1cc(C(=O)O)c(Cl)cc1OCc1c(F)cccc1Cl. The van der Waals surface area contributed by atoms with E-state index in [0.717, 1.165) is 0 Å². The van der Waals surface area contributed by atoms with Crippen LogP contribution in [0, 0.1) is 5.82 Å². The lowest BCUT2D eigenvalue weighted by Gasteiger charge is -2.13. The maximum atomic E-state index is 13.7. The van der Waals surface area contributed by atoms with Gasteiger partial charge in [-0.05, 0) is 18.2 Å². The van der Waals surface area contributed by atoms with Crippen molar-refractivity contribution in [3.8, 4) is 11.5 Å². The Labute approximate surface area is 136 Å². The molecule has 0 aliphatic heterocycles. The molecule has 0 unspecified atom stereocenters. The maximum Gasteiger partial charge on any atom is 0.337 e. The summed E-state index contributed by atoms with van der Waals surface area (Å²) in [6.07, 6.45) is 0. The van der Waals surface area contributed by atoms with Crippen LogP contribution < -0.4 is 9.47 Å². The third kappa shape index (κ3) is 3.43. The predicted molar refractivity (Wildman–Crippen MR) is 80.7 cm³/mol. The zero-order chi connectivity index (χ0) is 16.3. The van der Waals surface area contributed by atoms with E-state index in [0.29, 0.717) is 0 Å². The third-order valence-electron chi connectivity index (χ3n) is 2.92. The Morgan fingerprint density at radius 2 is 1.95 bits per heavy atom. The topological polar surface area (TPSA) is 55.8 Å². The second-order valence-electron chi connectivity index (χ2n) is 4.28. The molecule has 0 saturated heterocycles. The highest BCUT2D eigenvalue weighted by Crippen LogP contribution is 2.34. The molecule has 0 aliphatic rings. The number of aromatic carboxylic acids is 1. The van der Waals surface area contributed by atoms with Crippen molar-refractivity contribution in [2.45, 2.75) is 6.61 Å². The molecule has 7 heteroatoms. The van der Waals surface area contributed by atoms with Crippen LogP contribution in [-0.4, -0.2) is 18.2 Å². The van der Waals surface area contributed by atoms with E-state index >= 15 is 0 Å². The zero-order valence-corrected chi connectivity index (χ0v) is 12.9. The molecule has 0 bridgehead atoms. The number of carboxylic acid groups (broad SMARTS) is 1. The highest BCUT2D eigenvalue weighted by atomic mass is 35.5. The Hall–Kier alpha value is -1.98. The number of rotatable bonds is 5. The number of halogens is 3. The monoisotopic (exact) mass is 344 g/mol. The summed E-state index contributed by atoms with van der Waals surface area (Å²) in [4.78, 5) is 11.0. The molecule has 0 spiro atoms. The number of carbonyl (C=O) groups is 1. The number of hydrogen-bond donors (Lipinski definition) is 1. The van der Waals surface area contributed by atoms with Crippen LogP contribution in [0.3, 0.4) is 0 Å². The first-order valence-corrected chi connectivity index (χ1v) is 6.86. The van der Waals surface area contributed by atoms with Gasteiger partial charge in [0.25, 0.3) is 0 Å². The van der Waals surface area contributed by atoms with Crippen LogP contribution in [0.5, 0.6) is 11.5 Å². The van der Waals surface area contributed by atoms with E-state index in [9.17, 15) is 9.18 Å². The van der Waals surface area contributed by atoms with Crippen molar-refractivity contribution in [1.82, 2.24) is 0 Å². The van der Waals surface area contributed by atoms with Crippen molar-refractivity contribution < 1.29 is 23.8 Å². The van der Waals surface area contributed by atoms with Crippen LogP contribution in [0.15, 0.2) is 30.3 Å². The van der Waals surface area contributed by atoms with Gasteiger partial charge in [0.2, 0.25) is 0 Å². The van der Waals surface area contributed by atoms with Crippen molar-refractivity contribution in [1.29, 1.82) is 0 Å². The minimum atomic E-state index is -1.19. The molecule has 0 fully saturated rings. The molecule has 22 heavy (non-hydrogen) atoms. The summed E-state index contributed by atoms with van der Waals surface area (Å²) in [5.74, 6) is -1.32. The van der Waals surface area contributed by atoms with Gasteiger partial charge in [-0.1, -0.05) is 29.3 Å². The molecular weight excluding hydrogens is 334 g/mol. The van der Waals surface area contributed by atoms with E-state index in [1.165, 1.54) is 31.4 Å². The van der Waals surface area contributed by atoms with Crippen molar-refractivity contribution in [3.05, 3.63) is 57.3 Å². The smallest absolute Gasteiger partial charge is 0.337 e. The fraction of sp³-hybridized carbons (Fsp3) is 0.133. The number of benzene rings is 2. The van der Waals surface area contributed by atoms with Gasteiger partial charge in [-0.3, -0.25) is 0 Å². The molecule has 0 aromatic heterocycles. The second kappa shape index (κ2) is 6.85. The van der Waals surface area contributed by atoms with Crippen molar-refractivity contribution in [2.75, 3.05) is 7.11 Å². The van der Waals surface area contributed by atoms with Crippen molar-refractivity contribution in [3.63, 3.8) is 0 Å². The normalized spacial score (nSPS) is 10.4. The van der Waals surface area contributed by atoms with E-state index in [1.807, 2.05) is 0 Å². The first-order valence-electron chi connectivity index (χ1n) is 6.10. The average Bonchev–Trinajstić information content (AvgIpc) is 2.46. The molecule has 0 saturated carbocycles. The first kappa shape index (κ1) is 16.4. The van der Waals surface area contributed by atoms with Gasteiger partial charge in [-0.25, -0.2) is 9.18 Å². The van der Waals surface area contributed by atoms with Crippen LogP contribution in [0.1, 0.15) is 15.9 Å². The molecule has 0 heterocycles. The molecule has 2 aromatic rings. The first-order chi connectivity index (χ1) is 10.4. The van der Waals surface area contributed by atoms with Crippen molar-refractivity contribution in [2.24, 2.45) is 0 Å². The lowest BCUT2D eigenvalue weighted by molar-refractivity contribution is 0.0696. The minimum Gasteiger partial charge on any atom is -0.493 e. The summed E-state index contributed by atoms with van der Waals surface area (Å²) in [7, 11) is 1.36. The number of methoxy groups -OCH3 is 1. The van der Waals surface area contributed by atoms with E-state index in [1.54, 1.807) is 6.07 Å². The number of hydrogen-bond acceptors (Lipinski definition) is 3. The molecule has 0 aliphatic carbocycles. The van der Waals surface area contributed by atoms with Gasteiger partial charge in [0.1, 0.15) is 12.4 Å². The molecule has 4 nitrogen and oxygen atoms in total. The fourth-order valence-corrected chi connectivity index (χ4v) is 2.24. The summed E-state index contributed by atoms with van der Waals surface area (Å²) in [6.45, 7) is -0.148. The largest absolute Gasteiger partial charge is 0.493 e. The van der Waals surface area contributed by atoms with Crippen LogP contribution in [0.25, 0.3) is 0 Å². The van der Waals surface area contributed by atoms with Crippen LogP contribution >= 0.6 is 23.2 Å². The Balaban J connectivity index is 2.30. The molecule has 116 valence electrons. The predicted octanol–water partition coefficient (Wildman–Crippen LogP) is 4.42. The molecular formula is C15H11Cl2FO4. The highest BCUT2D eigenvalue weighted by molar-refractivity contribution is 6.33. The Bertz CT molecular complexity index is 699. The standard InChI is InChI=1S/C15H11Cl2FO4/c1-21-13-5-8(15(19)20)11(17)6-14(13)22-7-9-10(16)3-2-4-12(9)18/h2-6H,7H2,1H3,(H,19,20). The second-order valence-corrected chi connectivity index (χ2v) is 5.09. The summed E-state index contributed by atoms with van der Waals surface area (Å²) < 4.78 is 24.2. The summed E-state index contributed by atoms with van der Waals surface area (Å²) >= 11 is 11.8. The summed E-state index contributed by atoms with van der Waals surface area (Å²) in [5.41, 5.74) is 0.0689. The fourth-order valence-electron chi connectivity index (χ4n) is 1.79. The summed E-state index contributed by atoms with van der Waals surface area (Å²) in [5, 5.41) is 9.23. The highest BCUT2D eigenvalue weighted by Gasteiger charge is 2.16. The lowest BCUT2D eigenvalue weighted by atomic mass is 10.2. The van der Waals surface area contributed by atoms with E-state index in [2.05, 4.69) is 0 Å². The van der Waals surface area contributed by atoms with Gasteiger partial charge in [0.05, 0.1) is 22.7 Å². The van der Waals surface area contributed by atoms with Crippen LogP contribution in [-0.2, 0) is 6.61 Å². The minimum absolute atomic E-state index is 0.0112. The third-order valence-corrected chi connectivity index (χ3v) is 3.58. The Morgan fingerprint density at radius 3 is 2.55 bits per heavy atom. The lowest BCUT2D eigenvalue weighted by Crippen LogP contribution is -2.03. The number of carboxylic acids is 1.